The third kappa shape index (κ3) is 3.56. The molecule has 3 saturated heterocycles. The molecule has 2 bridgehead atoms. The van der Waals surface area contributed by atoms with Crippen molar-refractivity contribution >= 4 is 29.5 Å². The average molecular weight is 485 g/mol. The van der Waals surface area contributed by atoms with Gasteiger partial charge in [-0.2, -0.15) is 0 Å². The molecule has 186 valence electrons. The lowest BCUT2D eigenvalue weighted by molar-refractivity contribution is -0.139. The molecule has 4 aliphatic heterocycles. The van der Waals surface area contributed by atoms with Gasteiger partial charge in [-0.3, -0.25) is 19.3 Å². The molecule has 4 aliphatic rings. The second-order valence-corrected chi connectivity index (χ2v) is 10.2. The van der Waals surface area contributed by atoms with E-state index in [1.165, 1.54) is 0 Å². The van der Waals surface area contributed by atoms with Crippen LogP contribution >= 0.6 is 0 Å². The number of hydrogen-bond donors (Lipinski definition) is 1. The second kappa shape index (κ2) is 9.21. The van der Waals surface area contributed by atoms with Gasteiger partial charge in [0, 0.05) is 49.5 Å². The number of anilines is 1. The minimum Gasteiger partial charge on any atom is -0.356 e. The highest BCUT2D eigenvalue weighted by Crippen LogP contribution is 2.56. The summed E-state index contributed by atoms with van der Waals surface area (Å²) in [6, 6.07) is 17.9. The van der Waals surface area contributed by atoms with Crippen molar-refractivity contribution < 1.29 is 14.4 Å². The maximum Gasteiger partial charge on any atom is 0.253 e. The van der Waals surface area contributed by atoms with E-state index < -0.39 is 11.5 Å². The Balaban J connectivity index is 1.34. The molecule has 2 aromatic carbocycles. The Hall–Kier alpha value is -3.45. The van der Waals surface area contributed by atoms with Crippen LogP contribution in [0.2, 0.25) is 0 Å². The molecule has 4 heterocycles. The van der Waals surface area contributed by atoms with Gasteiger partial charge in [0.25, 0.3) is 5.91 Å². The fraction of sp³-hybridized carbons (Fsp3) is 0.414. The number of amides is 3. The van der Waals surface area contributed by atoms with Crippen molar-refractivity contribution in [3.8, 4) is 0 Å². The number of nitrogens with one attached hydrogen (secondary N) is 1. The predicted molar refractivity (Wildman–Crippen MR) is 138 cm³/mol. The van der Waals surface area contributed by atoms with Crippen LogP contribution in [-0.4, -0.2) is 66.3 Å². The van der Waals surface area contributed by atoms with E-state index in [0.717, 1.165) is 36.2 Å². The highest BCUT2D eigenvalue weighted by molar-refractivity contribution is 6.11. The van der Waals surface area contributed by atoms with Gasteiger partial charge in [0.15, 0.2) is 0 Å². The summed E-state index contributed by atoms with van der Waals surface area (Å²) in [7, 11) is 0. The number of nitrogens with zero attached hydrogens (tertiary/aromatic N) is 3. The van der Waals surface area contributed by atoms with Gasteiger partial charge < -0.3 is 15.1 Å². The normalized spacial score (nSPS) is 28.3. The molecular formula is C29H32N4O3. The summed E-state index contributed by atoms with van der Waals surface area (Å²) in [6.07, 6.45) is 6.88. The third-order valence-electron chi connectivity index (χ3n) is 8.36. The van der Waals surface area contributed by atoms with Crippen molar-refractivity contribution in [1.29, 1.82) is 0 Å². The summed E-state index contributed by atoms with van der Waals surface area (Å²) < 4.78 is 0. The standard InChI is InChI=1S/C29H32N4O3/c34-26(14-13-21-8-2-1-3-9-21)31-16-7-15-30-27(35)24-20-22-10-6-17-33(22)29(24)23-11-4-5-12-25(23)32(19-18-31)28(29)36/h1-5,8-9,11-14,22,24H,6-7,10,15-20H2,(H,30,35)/t22-,24-,29+/m0/s1. The molecule has 0 aromatic heterocycles. The Morgan fingerprint density at radius 2 is 1.75 bits per heavy atom. The molecule has 3 atom stereocenters. The molecule has 36 heavy (non-hydrogen) atoms. The molecule has 3 amide bonds. The molecule has 0 unspecified atom stereocenters. The van der Waals surface area contributed by atoms with Crippen LogP contribution in [0.5, 0.6) is 0 Å². The van der Waals surface area contributed by atoms with Crippen LogP contribution in [0.3, 0.4) is 0 Å². The van der Waals surface area contributed by atoms with Crippen LogP contribution in [0.4, 0.5) is 5.69 Å². The van der Waals surface area contributed by atoms with Crippen LogP contribution in [0, 0.1) is 5.92 Å². The van der Waals surface area contributed by atoms with Crippen molar-refractivity contribution in [2.24, 2.45) is 5.92 Å². The first-order valence-electron chi connectivity index (χ1n) is 13.1. The first-order chi connectivity index (χ1) is 17.6. The molecule has 7 heteroatoms. The van der Waals surface area contributed by atoms with Gasteiger partial charge >= 0.3 is 0 Å². The lowest BCUT2D eigenvalue weighted by Gasteiger charge is -2.37. The maximum atomic E-state index is 14.3. The lowest BCUT2D eigenvalue weighted by Crippen LogP contribution is -2.57. The van der Waals surface area contributed by atoms with Crippen LogP contribution in [0.25, 0.3) is 6.08 Å². The number of fused-ring (bicyclic) bond motifs is 4. The summed E-state index contributed by atoms with van der Waals surface area (Å²) >= 11 is 0. The number of rotatable bonds is 2. The monoisotopic (exact) mass is 484 g/mol. The number of para-hydroxylation sites is 1. The Kier molecular flexibility index (Phi) is 5.88. The molecule has 2 aromatic rings. The van der Waals surface area contributed by atoms with Gasteiger partial charge in [-0.1, -0.05) is 48.5 Å². The van der Waals surface area contributed by atoms with E-state index in [0.29, 0.717) is 39.0 Å². The fourth-order valence-electron chi connectivity index (χ4n) is 6.78. The Bertz CT molecular complexity index is 1210. The summed E-state index contributed by atoms with van der Waals surface area (Å²) in [6.45, 7) is 2.69. The van der Waals surface area contributed by atoms with Crippen molar-refractivity contribution in [2.75, 3.05) is 37.6 Å². The SMILES string of the molecule is O=C1NCCCN(C(=O)C=Cc2ccccc2)CCN2C(=O)[C@@]3(c4ccccc42)[C@H]1C[C@@H]1CCCN13. The smallest absolute Gasteiger partial charge is 0.253 e. The van der Waals surface area contributed by atoms with Gasteiger partial charge in [0.2, 0.25) is 11.8 Å². The fourth-order valence-corrected chi connectivity index (χ4v) is 6.78. The predicted octanol–water partition coefficient (Wildman–Crippen LogP) is 2.77. The zero-order valence-corrected chi connectivity index (χ0v) is 20.4. The van der Waals surface area contributed by atoms with Crippen molar-refractivity contribution in [3.63, 3.8) is 0 Å². The van der Waals surface area contributed by atoms with Gasteiger partial charge in [0.05, 0.1) is 5.92 Å². The largest absolute Gasteiger partial charge is 0.356 e. The van der Waals surface area contributed by atoms with E-state index in [1.807, 2.05) is 65.6 Å². The van der Waals surface area contributed by atoms with Crippen molar-refractivity contribution in [3.05, 3.63) is 71.8 Å². The van der Waals surface area contributed by atoms with E-state index in [9.17, 15) is 14.4 Å². The minimum absolute atomic E-state index is 0.0129. The number of hydrogen-bond acceptors (Lipinski definition) is 4. The first-order valence-corrected chi connectivity index (χ1v) is 13.1. The molecule has 6 rings (SSSR count). The van der Waals surface area contributed by atoms with Crippen LogP contribution < -0.4 is 10.2 Å². The molecule has 3 fully saturated rings. The maximum absolute atomic E-state index is 14.3. The zero-order chi connectivity index (χ0) is 24.7. The molecule has 7 nitrogen and oxygen atoms in total. The van der Waals surface area contributed by atoms with E-state index >= 15 is 0 Å². The topological polar surface area (TPSA) is 73.0 Å². The summed E-state index contributed by atoms with van der Waals surface area (Å²) in [4.78, 5) is 47.0. The van der Waals surface area contributed by atoms with Crippen LogP contribution in [0.15, 0.2) is 60.7 Å². The minimum atomic E-state index is -0.941. The second-order valence-electron chi connectivity index (χ2n) is 10.2. The van der Waals surface area contributed by atoms with E-state index in [-0.39, 0.29) is 23.8 Å². The molecule has 0 saturated carbocycles. The highest BCUT2D eigenvalue weighted by atomic mass is 16.2. The molecule has 1 spiro atoms. The summed E-state index contributed by atoms with van der Waals surface area (Å²) in [5, 5.41) is 3.12. The molecule has 0 radical (unpaired) electrons. The summed E-state index contributed by atoms with van der Waals surface area (Å²) in [5.41, 5.74) is 1.84. The number of carbonyl (C=O) groups is 3. The van der Waals surface area contributed by atoms with Gasteiger partial charge in [-0.25, -0.2) is 0 Å². The van der Waals surface area contributed by atoms with Crippen LogP contribution in [0.1, 0.15) is 36.8 Å². The van der Waals surface area contributed by atoms with Crippen molar-refractivity contribution in [1.82, 2.24) is 15.1 Å². The van der Waals surface area contributed by atoms with Gasteiger partial charge in [-0.15, -0.1) is 0 Å². The number of carbonyl (C=O) groups excluding carboxylic acids is 3. The van der Waals surface area contributed by atoms with E-state index in [2.05, 4.69) is 10.2 Å². The van der Waals surface area contributed by atoms with E-state index in [1.54, 1.807) is 11.0 Å². The average Bonchev–Trinajstić information content (AvgIpc) is 3.55. The quantitative estimate of drug-likeness (QED) is 0.666. The van der Waals surface area contributed by atoms with E-state index in [4.69, 9.17) is 0 Å². The van der Waals surface area contributed by atoms with Crippen molar-refractivity contribution in [2.45, 2.75) is 37.3 Å². The summed E-state index contributed by atoms with van der Waals surface area (Å²) in [5.74, 6) is -0.541. The zero-order valence-electron chi connectivity index (χ0n) is 20.4. The lowest BCUT2D eigenvalue weighted by atomic mass is 9.78. The Labute approximate surface area is 211 Å². The molecule has 1 N–H and O–H groups in total. The number of benzene rings is 2. The first kappa shape index (κ1) is 23.0. The molecule has 0 aliphatic carbocycles. The van der Waals surface area contributed by atoms with Gasteiger partial charge in [0.1, 0.15) is 5.54 Å². The Morgan fingerprint density at radius 3 is 2.61 bits per heavy atom. The molecular weight excluding hydrogens is 452 g/mol. The van der Waals surface area contributed by atoms with Gasteiger partial charge in [-0.05, 0) is 49.9 Å². The third-order valence-corrected chi connectivity index (χ3v) is 8.36. The van der Waals surface area contributed by atoms with Crippen LogP contribution in [-0.2, 0) is 19.9 Å². The Morgan fingerprint density at radius 1 is 0.944 bits per heavy atom. The highest BCUT2D eigenvalue weighted by Gasteiger charge is 2.67.